The van der Waals surface area contributed by atoms with E-state index in [0.717, 1.165) is 6.54 Å². The molecule has 1 aromatic rings. The summed E-state index contributed by atoms with van der Waals surface area (Å²) >= 11 is 0. The lowest BCUT2D eigenvalue weighted by molar-refractivity contribution is 0.0934. The first-order valence-electron chi connectivity index (χ1n) is 5.16. The SMILES string of the molecule is CC(CN(C)C)NC(=O)c1ccc(N)nc1. The highest BCUT2D eigenvalue weighted by atomic mass is 16.1. The van der Waals surface area contributed by atoms with Crippen LogP contribution in [0.4, 0.5) is 5.82 Å². The molecule has 0 saturated carbocycles. The van der Waals surface area contributed by atoms with Gasteiger partial charge in [-0.1, -0.05) is 0 Å². The van der Waals surface area contributed by atoms with E-state index >= 15 is 0 Å². The molecule has 1 unspecified atom stereocenters. The largest absolute Gasteiger partial charge is 0.384 e. The number of carbonyl (C=O) groups is 1. The predicted octanol–water partition coefficient (Wildman–Crippen LogP) is 0.344. The minimum atomic E-state index is -0.123. The summed E-state index contributed by atoms with van der Waals surface area (Å²) in [6.45, 7) is 2.76. The van der Waals surface area contributed by atoms with Gasteiger partial charge in [0.1, 0.15) is 5.82 Å². The Balaban J connectivity index is 2.55. The number of nitrogens with one attached hydrogen (secondary N) is 1. The van der Waals surface area contributed by atoms with Crippen molar-refractivity contribution in [3.63, 3.8) is 0 Å². The van der Waals surface area contributed by atoms with Crippen LogP contribution in [-0.4, -0.2) is 42.5 Å². The van der Waals surface area contributed by atoms with E-state index in [0.29, 0.717) is 11.4 Å². The van der Waals surface area contributed by atoms with Gasteiger partial charge in [-0.15, -0.1) is 0 Å². The highest BCUT2D eigenvalue weighted by molar-refractivity contribution is 5.94. The molecule has 5 heteroatoms. The zero-order valence-corrected chi connectivity index (χ0v) is 9.90. The summed E-state index contributed by atoms with van der Waals surface area (Å²) in [5, 5.41) is 2.89. The van der Waals surface area contributed by atoms with Crippen LogP contribution in [0.3, 0.4) is 0 Å². The summed E-state index contributed by atoms with van der Waals surface area (Å²) in [7, 11) is 3.93. The van der Waals surface area contributed by atoms with Crippen LogP contribution >= 0.6 is 0 Å². The smallest absolute Gasteiger partial charge is 0.253 e. The van der Waals surface area contributed by atoms with Crippen LogP contribution < -0.4 is 11.1 Å². The van der Waals surface area contributed by atoms with Gasteiger partial charge in [0, 0.05) is 18.8 Å². The summed E-state index contributed by atoms with van der Waals surface area (Å²) in [6.07, 6.45) is 1.48. The lowest BCUT2D eigenvalue weighted by atomic mass is 10.2. The van der Waals surface area contributed by atoms with Crippen molar-refractivity contribution in [2.75, 3.05) is 26.4 Å². The van der Waals surface area contributed by atoms with E-state index in [2.05, 4.69) is 10.3 Å². The average Bonchev–Trinajstić information content (AvgIpc) is 2.16. The molecule has 0 radical (unpaired) electrons. The van der Waals surface area contributed by atoms with Crippen LogP contribution in [0, 0.1) is 0 Å². The Morgan fingerprint density at radius 1 is 1.56 bits per heavy atom. The minimum absolute atomic E-state index is 0.0973. The van der Waals surface area contributed by atoms with Crippen LogP contribution in [0.1, 0.15) is 17.3 Å². The number of amides is 1. The summed E-state index contributed by atoms with van der Waals surface area (Å²) in [6, 6.07) is 3.38. The topological polar surface area (TPSA) is 71.2 Å². The molecule has 1 heterocycles. The Morgan fingerprint density at radius 2 is 2.25 bits per heavy atom. The van der Waals surface area contributed by atoms with Gasteiger partial charge in [-0.2, -0.15) is 0 Å². The standard InChI is InChI=1S/C11H18N4O/c1-8(7-15(2)3)14-11(16)9-4-5-10(12)13-6-9/h4-6,8H,7H2,1-3H3,(H2,12,13)(H,14,16). The number of likely N-dealkylation sites (N-methyl/N-ethyl adjacent to an activating group) is 1. The van der Waals surface area contributed by atoms with Crippen LogP contribution in [0.2, 0.25) is 0 Å². The second-order valence-electron chi connectivity index (χ2n) is 4.11. The molecule has 0 bridgehead atoms. The number of carbonyl (C=O) groups excluding carboxylic acids is 1. The Bertz CT molecular complexity index is 348. The Hall–Kier alpha value is -1.62. The van der Waals surface area contributed by atoms with Crippen LogP contribution in [0.25, 0.3) is 0 Å². The molecule has 0 aromatic carbocycles. The number of nitrogens with zero attached hydrogens (tertiary/aromatic N) is 2. The predicted molar refractivity (Wildman–Crippen MR) is 64.1 cm³/mol. The third kappa shape index (κ3) is 3.86. The molecule has 5 nitrogen and oxygen atoms in total. The van der Waals surface area contributed by atoms with Gasteiger partial charge in [-0.25, -0.2) is 4.98 Å². The highest BCUT2D eigenvalue weighted by Crippen LogP contribution is 2.01. The van der Waals surface area contributed by atoms with Crippen LogP contribution in [-0.2, 0) is 0 Å². The lowest BCUT2D eigenvalue weighted by Crippen LogP contribution is -2.39. The molecular formula is C11H18N4O. The monoisotopic (exact) mass is 222 g/mol. The maximum Gasteiger partial charge on any atom is 0.253 e. The maximum atomic E-state index is 11.7. The Kier molecular flexibility index (Phi) is 4.25. The zero-order chi connectivity index (χ0) is 12.1. The van der Waals surface area contributed by atoms with Crippen molar-refractivity contribution in [2.45, 2.75) is 13.0 Å². The molecule has 1 aromatic heterocycles. The molecule has 88 valence electrons. The van der Waals surface area contributed by atoms with Crippen molar-refractivity contribution in [3.05, 3.63) is 23.9 Å². The first kappa shape index (κ1) is 12.4. The molecule has 0 aliphatic rings. The molecule has 16 heavy (non-hydrogen) atoms. The molecule has 1 rings (SSSR count). The summed E-state index contributed by atoms with van der Waals surface area (Å²) < 4.78 is 0. The maximum absolute atomic E-state index is 11.7. The van der Waals surface area contributed by atoms with E-state index in [1.54, 1.807) is 12.1 Å². The van der Waals surface area contributed by atoms with Gasteiger partial charge in [0.25, 0.3) is 5.91 Å². The highest BCUT2D eigenvalue weighted by Gasteiger charge is 2.10. The quantitative estimate of drug-likeness (QED) is 0.771. The molecular weight excluding hydrogens is 204 g/mol. The van der Waals surface area contributed by atoms with E-state index in [9.17, 15) is 4.79 Å². The Labute approximate surface area is 95.7 Å². The van der Waals surface area contributed by atoms with E-state index in [-0.39, 0.29) is 11.9 Å². The van der Waals surface area contributed by atoms with Crippen LogP contribution in [0.5, 0.6) is 0 Å². The number of hydrogen-bond acceptors (Lipinski definition) is 4. The third-order valence-corrected chi connectivity index (χ3v) is 2.07. The zero-order valence-electron chi connectivity index (χ0n) is 9.90. The minimum Gasteiger partial charge on any atom is -0.384 e. The Morgan fingerprint density at radius 3 is 2.75 bits per heavy atom. The number of aromatic nitrogens is 1. The van der Waals surface area contributed by atoms with Crippen molar-refractivity contribution in [3.8, 4) is 0 Å². The summed E-state index contributed by atoms with van der Waals surface area (Å²) in [5.74, 6) is 0.291. The lowest BCUT2D eigenvalue weighted by Gasteiger charge is -2.18. The first-order valence-corrected chi connectivity index (χ1v) is 5.16. The van der Waals surface area contributed by atoms with Crippen molar-refractivity contribution in [2.24, 2.45) is 0 Å². The van der Waals surface area contributed by atoms with E-state index in [1.807, 2.05) is 25.9 Å². The molecule has 0 aliphatic heterocycles. The molecule has 0 fully saturated rings. The van der Waals surface area contributed by atoms with Crippen molar-refractivity contribution >= 4 is 11.7 Å². The molecule has 1 atom stereocenters. The number of pyridine rings is 1. The third-order valence-electron chi connectivity index (χ3n) is 2.07. The summed E-state index contributed by atoms with van der Waals surface area (Å²) in [4.78, 5) is 17.6. The van der Waals surface area contributed by atoms with Gasteiger partial charge in [0.2, 0.25) is 0 Å². The molecule has 1 amide bonds. The molecule has 3 N–H and O–H groups in total. The van der Waals surface area contributed by atoms with Gasteiger partial charge < -0.3 is 16.0 Å². The van der Waals surface area contributed by atoms with Gasteiger partial charge in [0.05, 0.1) is 5.56 Å². The number of anilines is 1. The van der Waals surface area contributed by atoms with E-state index in [1.165, 1.54) is 6.20 Å². The van der Waals surface area contributed by atoms with Crippen LogP contribution in [0.15, 0.2) is 18.3 Å². The van der Waals surface area contributed by atoms with Gasteiger partial charge >= 0.3 is 0 Å². The molecule has 0 aliphatic carbocycles. The number of nitrogen functional groups attached to an aromatic ring is 1. The normalized spacial score (nSPS) is 12.5. The van der Waals surface area contributed by atoms with E-state index < -0.39 is 0 Å². The summed E-state index contributed by atoms with van der Waals surface area (Å²) in [5.41, 5.74) is 5.97. The fourth-order valence-corrected chi connectivity index (χ4v) is 1.44. The fraction of sp³-hybridized carbons (Fsp3) is 0.455. The number of hydrogen-bond donors (Lipinski definition) is 2. The second kappa shape index (κ2) is 5.46. The number of rotatable bonds is 4. The van der Waals surface area contributed by atoms with Crippen molar-refractivity contribution in [1.82, 2.24) is 15.2 Å². The van der Waals surface area contributed by atoms with Gasteiger partial charge in [-0.05, 0) is 33.2 Å². The van der Waals surface area contributed by atoms with E-state index in [4.69, 9.17) is 5.73 Å². The second-order valence-corrected chi connectivity index (χ2v) is 4.11. The van der Waals surface area contributed by atoms with Crippen molar-refractivity contribution in [1.29, 1.82) is 0 Å². The molecule has 0 saturated heterocycles. The molecule has 0 spiro atoms. The first-order chi connectivity index (χ1) is 7.49. The number of nitrogens with two attached hydrogens (primary N) is 1. The fourth-order valence-electron chi connectivity index (χ4n) is 1.44. The van der Waals surface area contributed by atoms with Crippen molar-refractivity contribution < 1.29 is 4.79 Å². The average molecular weight is 222 g/mol. The van der Waals surface area contributed by atoms with Gasteiger partial charge in [-0.3, -0.25) is 4.79 Å². The van der Waals surface area contributed by atoms with Gasteiger partial charge in [0.15, 0.2) is 0 Å².